The maximum absolute atomic E-state index is 14.8. The second-order valence-electron chi connectivity index (χ2n) is 9.14. The van der Waals surface area contributed by atoms with E-state index in [1.54, 1.807) is 6.92 Å². The molecule has 1 saturated heterocycles. The number of rotatable bonds is 7. The third-order valence-electron chi connectivity index (χ3n) is 6.67. The molecule has 16 heteroatoms. The Morgan fingerprint density at radius 3 is 2.67 bits per heavy atom. The van der Waals surface area contributed by atoms with Crippen molar-refractivity contribution in [2.45, 2.75) is 38.5 Å². The lowest BCUT2D eigenvalue weighted by Crippen LogP contribution is -2.58. The molecular formula is C23H25BFN5O8S. The minimum Gasteiger partial charge on any atom is -0.535 e. The molecule has 4 amide bonds. The normalized spacial score (nSPS) is 17.9. The van der Waals surface area contributed by atoms with Crippen LogP contribution in [-0.2, 0) is 20.8 Å². The van der Waals surface area contributed by atoms with E-state index in [0.29, 0.717) is 11.4 Å². The van der Waals surface area contributed by atoms with E-state index >= 15 is 0 Å². The number of benzene rings is 1. The van der Waals surface area contributed by atoms with Gasteiger partial charge in [0.15, 0.2) is 10.9 Å². The van der Waals surface area contributed by atoms with Crippen molar-refractivity contribution in [1.82, 2.24) is 20.1 Å². The SMILES string of the molecule is CCN1CCN(C(=O)NC(C(=O)C[C@H]2Cc3c(F)cc(C)c(C(=O)O)c3OB2O)c2csc(N)n2)C(=O)C1=O. The van der Waals surface area contributed by atoms with Crippen molar-refractivity contribution in [3.63, 3.8) is 0 Å². The summed E-state index contributed by atoms with van der Waals surface area (Å²) in [5, 5.41) is 24.1. The number of imide groups is 1. The van der Waals surface area contributed by atoms with Crippen LogP contribution in [0.1, 0.15) is 46.6 Å². The minimum atomic E-state index is -1.65. The highest BCUT2D eigenvalue weighted by molar-refractivity contribution is 7.13. The fourth-order valence-electron chi connectivity index (χ4n) is 4.63. The van der Waals surface area contributed by atoms with Gasteiger partial charge in [0.25, 0.3) is 0 Å². The molecule has 3 heterocycles. The molecule has 2 atom stereocenters. The number of piperazine rings is 1. The number of aromatic nitrogens is 1. The molecule has 4 rings (SSSR count). The van der Waals surface area contributed by atoms with Crippen molar-refractivity contribution in [2.75, 3.05) is 25.4 Å². The van der Waals surface area contributed by atoms with Crippen molar-refractivity contribution in [3.8, 4) is 5.75 Å². The number of hydrogen-bond donors (Lipinski definition) is 4. The minimum absolute atomic E-state index is 0.0726. The summed E-state index contributed by atoms with van der Waals surface area (Å²) in [5.41, 5.74) is 5.50. The number of urea groups is 1. The molecule has 2 aliphatic rings. The molecule has 206 valence electrons. The average Bonchev–Trinajstić information content (AvgIpc) is 3.30. The Morgan fingerprint density at radius 2 is 2.05 bits per heavy atom. The van der Waals surface area contributed by atoms with E-state index < -0.39 is 60.8 Å². The number of anilines is 1. The first-order chi connectivity index (χ1) is 18.4. The Kier molecular flexibility index (Phi) is 7.88. The molecule has 0 bridgehead atoms. The Hall–Kier alpha value is -4.05. The molecule has 39 heavy (non-hydrogen) atoms. The molecule has 2 aliphatic heterocycles. The van der Waals surface area contributed by atoms with Crippen LogP contribution >= 0.6 is 11.3 Å². The van der Waals surface area contributed by atoms with E-state index in [9.17, 15) is 38.5 Å². The molecule has 5 N–H and O–H groups in total. The van der Waals surface area contributed by atoms with Gasteiger partial charge in [-0.3, -0.25) is 19.3 Å². The number of carboxylic acids is 1. The monoisotopic (exact) mass is 561 g/mol. The zero-order chi connectivity index (χ0) is 28.6. The predicted octanol–water partition coefficient (Wildman–Crippen LogP) is 0.757. The summed E-state index contributed by atoms with van der Waals surface area (Å²) in [6.45, 7) is 3.43. The molecule has 2 aromatic rings. The fourth-order valence-corrected chi connectivity index (χ4v) is 5.22. The summed E-state index contributed by atoms with van der Waals surface area (Å²) in [7, 11) is -1.65. The van der Waals surface area contributed by atoms with Gasteiger partial charge in [0.2, 0.25) is 0 Å². The quantitative estimate of drug-likeness (QED) is 0.277. The number of aromatic carboxylic acids is 1. The average molecular weight is 561 g/mol. The lowest BCUT2D eigenvalue weighted by atomic mass is 9.64. The number of halogens is 1. The Labute approximate surface area is 225 Å². The van der Waals surface area contributed by atoms with Gasteiger partial charge in [0.1, 0.15) is 23.2 Å². The van der Waals surface area contributed by atoms with Crippen LogP contribution in [0.2, 0.25) is 5.82 Å². The van der Waals surface area contributed by atoms with E-state index in [2.05, 4.69) is 10.3 Å². The van der Waals surface area contributed by atoms with Crippen LogP contribution in [0.5, 0.6) is 5.75 Å². The van der Waals surface area contributed by atoms with Gasteiger partial charge >= 0.3 is 30.9 Å². The van der Waals surface area contributed by atoms with Gasteiger partial charge < -0.3 is 30.7 Å². The molecule has 0 saturated carbocycles. The summed E-state index contributed by atoms with van der Waals surface area (Å²) >= 11 is 1.00. The first kappa shape index (κ1) is 28.0. The topological polar surface area (TPSA) is 192 Å². The highest BCUT2D eigenvalue weighted by atomic mass is 32.1. The number of hydrogen-bond acceptors (Lipinski definition) is 10. The maximum Gasteiger partial charge on any atom is 0.526 e. The lowest BCUT2D eigenvalue weighted by Gasteiger charge is -2.33. The van der Waals surface area contributed by atoms with E-state index in [1.807, 2.05) is 0 Å². The summed E-state index contributed by atoms with van der Waals surface area (Å²) < 4.78 is 20.1. The van der Waals surface area contributed by atoms with E-state index in [0.717, 1.165) is 17.4 Å². The van der Waals surface area contributed by atoms with Crippen LogP contribution < -0.4 is 15.7 Å². The third-order valence-corrected chi connectivity index (χ3v) is 7.37. The summed E-state index contributed by atoms with van der Waals surface area (Å²) in [6, 6.07) is -1.36. The third kappa shape index (κ3) is 5.42. The smallest absolute Gasteiger partial charge is 0.526 e. The van der Waals surface area contributed by atoms with Crippen molar-refractivity contribution in [3.05, 3.63) is 39.6 Å². The van der Waals surface area contributed by atoms with Crippen LogP contribution in [0, 0.1) is 12.7 Å². The van der Waals surface area contributed by atoms with Gasteiger partial charge in [-0.25, -0.2) is 19.0 Å². The number of nitrogens with zero attached hydrogens (tertiary/aromatic N) is 3. The number of nitrogens with two attached hydrogens (primary N) is 1. The van der Waals surface area contributed by atoms with E-state index in [1.165, 1.54) is 17.2 Å². The number of amides is 4. The standard InChI is InChI=1S/C23H25BFN5O8S/c1-3-29-4-5-30(20(33)19(29)32)23(36)28-17(14-9-39-22(26)27-14)15(31)8-11-7-12-13(25)6-10(2)16(21(34)35)18(12)38-24(11)37/h6,9,11,17,37H,3-5,7-8H2,1-2H3,(H2,26,27)(H,28,36)(H,34,35)/t11-,17?/m1/s1. The number of nitrogens with one attached hydrogen (secondary N) is 1. The Morgan fingerprint density at radius 1 is 1.33 bits per heavy atom. The van der Waals surface area contributed by atoms with Crippen LogP contribution in [0.3, 0.4) is 0 Å². The highest BCUT2D eigenvalue weighted by Gasteiger charge is 2.42. The van der Waals surface area contributed by atoms with Gasteiger partial charge in [-0.2, -0.15) is 0 Å². The molecule has 0 aliphatic carbocycles. The molecule has 1 unspecified atom stereocenters. The van der Waals surface area contributed by atoms with Crippen LogP contribution in [0.4, 0.5) is 14.3 Å². The first-order valence-electron chi connectivity index (χ1n) is 12.0. The molecule has 0 spiro atoms. The zero-order valence-electron chi connectivity index (χ0n) is 21.0. The molecule has 1 aromatic heterocycles. The second kappa shape index (κ2) is 11.0. The Balaban J connectivity index is 1.56. The molecule has 0 radical (unpaired) electrons. The molecule has 1 fully saturated rings. The summed E-state index contributed by atoms with van der Waals surface area (Å²) in [4.78, 5) is 68.8. The molecule has 1 aromatic carbocycles. The van der Waals surface area contributed by atoms with Crippen LogP contribution in [0.15, 0.2) is 11.4 Å². The summed E-state index contributed by atoms with van der Waals surface area (Å²) in [5.74, 6) is -5.97. The van der Waals surface area contributed by atoms with Crippen molar-refractivity contribution in [2.24, 2.45) is 0 Å². The number of Topliss-reactive ketones (excluding diaryl/α,β-unsaturated/α-hetero) is 1. The number of fused-ring (bicyclic) bond motifs is 1. The van der Waals surface area contributed by atoms with E-state index in [-0.39, 0.29) is 52.8 Å². The van der Waals surface area contributed by atoms with Crippen molar-refractivity contribution >= 4 is 53.2 Å². The zero-order valence-corrected chi connectivity index (χ0v) is 21.8. The highest BCUT2D eigenvalue weighted by Crippen LogP contribution is 2.40. The number of likely N-dealkylation sites (N-methyl/N-ethyl adjacent to an activating group) is 1. The number of thiazole rings is 1. The van der Waals surface area contributed by atoms with Gasteiger partial charge in [0.05, 0.1) is 5.69 Å². The van der Waals surface area contributed by atoms with Crippen LogP contribution in [0.25, 0.3) is 0 Å². The molecule has 13 nitrogen and oxygen atoms in total. The summed E-state index contributed by atoms with van der Waals surface area (Å²) in [6.07, 6.45) is -0.657. The molecular weight excluding hydrogens is 536 g/mol. The maximum atomic E-state index is 14.8. The predicted molar refractivity (Wildman–Crippen MR) is 136 cm³/mol. The van der Waals surface area contributed by atoms with E-state index in [4.69, 9.17) is 10.4 Å². The number of nitrogen functional groups attached to an aromatic ring is 1. The number of ketones is 1. The first-order valence-corrected chi connectivity index (χ1v) is 12.9. The van der Waals surface area contributed by atoms with Gasteiger partial charge in [0, 0.05) is 42.8 Å². The number of carboxylic acid groups (broad SMARTS) is 1. The lowest BCUT2D eigenvalue weighted by molar-refractivity contribution is -0.153. The van der Waals surface area contributed by atoms with Gasteiger partial charge in [-0.1, -0.05) is 0 Å². The Bertz CT molecular complexity index is 1370. The fraction of sp³-hybridized carbons (Fsp3) is 0.391. The van der Waals surface area contributed by atoms with Crippen LogP contribution in [-0.4, -0.2) is 81.3 Å². The van der Waals surface area contributed by atoms with Crippen molar-refractivity contribution < 1.29 is 43.1 Å². The largest absolute Gasteiger partial charge is 0.535 e. The van der Waals surface area contributed by atoms with Gasteiger partial charge in [-0.15, -0.1) is 11.3 Å². The van der Waals surface area contributed by atoms with Gasteiger partial charge in [-0.05, 0) is 31.9 Å². The number of carbonyl (C=O) groups is 5. The number of aryl methyl sites for hydroxylation is 1. The second-order valence-corrected chi connectivity index (χ2v) is 10.0. The number of carbonyl (C=O) groups excluding carboxylic acids is 4. The van der Waals surface area contributed by atoms with Crippen molar-refractivity contribution in [1.29, 1.82) is 0 Å².